The minimum Gasteiger partial charge on any atom is -0.335 e. The van der Waals surface area contributed by atoms with E-state index < -0.39 is 11.7 Å². The van der Waals surface area contributed by atoms with Crippen LogP contribution in [0.15, 0.2) is 24.3 Å². The van der Waals surface area contributed by atoms with Crippen molar-refractivity contribution >= 4 is 18.3 Å². The monoisotopic (exact) mass is 362 g/mol. The third-order valence-electron chi connectivity index (χ3n) is 4.53. The highest BCUT2D eigenvalue weighted by Gasteiger charge is 2.34. The van der Waals surface area contributed by atoms with Crippen LogP contribution in [0.4, 0.5) is 13.2 Å². The molecule has 1 aromatic rings. The molecule has 7 heteroatoms. The second-order valence-electron chi connectivity index (χ2n) is 6.44. The van der Waals surface area contributed by atoms with Crippen molar-refractivity contribution in [3.8, 4) is 0 Å². The fourth-order valence-electron chi connectivity index (χ4n) is 3.06. The van der Waals surface area contributed by atoms with Gasteiger partial charge in [-0.2, -0.15) is 13.2 Å². The molecule has 1 atom stereocenters. The summed E-state index contributed by atoms with van der Waals surface area (Å²) in [6, 6.07) is 5.62. The van der Waals surface area contributed by atoms with Crippen molar-refractivity contribution in [3.05, 3.63) is 35.4 Å². The van der Waals surface area contributed by atoms with Crippen LogP contribution in [0.25, 0.3) is 0 Å². The Morgan fingerprint density at radius 2 is 1.83 bits per heavy atom. The van der Waals surface area contributed by atoms with Crippen LogP contribution < -0.4 is 5.32 Å². The van der Waals surface area contributed by atoms with Crippen LogP contribution in [0.1, 0.15) is 43.2 Å². The van der Waals surface area contributed by atoms with Gasteiger partial charge in [0.2, 0.25) is 5.91 Å². The number of halogens is 4. The summed E-state index contributed by atoms with van der Waals surface area (Å²) in [6.07, 6.45) is 0.259. The number of alkyl halides is 3. The third kappa shape index (κ3) is 4.86. The van der Waals surface area contributed by atoms with Gasteiger partial charge in [-0.25, -0.2) is 0 Å². The first kappa shape index (κ1) is 19.1. The van der Waals surface area contributed by atoms with Gasteiger partial charge in [0.1, 0.15) is 0 Å². The second kappa shape index (κ2) is 7.74. The van der Waals surface area contributed by atoms with E-state index in [1.165, 1.54) is 12.1 Å². The van der Waals surface area contributed by atoms with Crippen LogP contribution >= 0.6 is 12.4 Å². The Kier molecular flexibility index (Phi) is 6.15. The zero-order valence-electron chi connectivity index (χ0n) is 13.3. The van der Waals surface area contributed by atoms with Crippen LogP contribution in [-0.4, -0.2) is 29.4 Å². The van der Waals surface area contributed by atoms with Crippen LogP contribution in [0.5, 0.6) is 0 Å². The zero-order valence-corrected chi connectivity index (χ0v) is 14.1. The molecule has 1 heterocycles. The second-order valence-corrected chi connectivity index (χ2v) is 6.44. The molecule has 1 saturated carbocycles. The first-order valence-electron chi connectivity index (χ1n) is 8.12. The molecular formula is C17H22ClF3N2O. The molecule has 0 spiro atoms. The SMILES string of the molecule is Cl.O=C(CC1CCCN1)N(Cc1ccc(C(F)(F)F)cc1)C1CC1. The largest absolute Gasteiger partial charge is 0.416 e. The molecule has 1 aliphatic carbocycles. The van der Waals surface area contributed by atoms with Crippen LogP contribution in [0, 0.1) is 0 Å². The molecule has 0 radical (unpaired) electrons. The molecule has 2 fully saturated rings. The van der Waals surface area contributed by atoms with E-state index in [0.29, 0.717) is 13.0 Å². The Hall–Kier alpha value is -1.27. The van der Waals surface area contributed by atoms with Gasteiger partial charge in [0, 0.05) is 25.0 Å². The van der Waals surface area contributed by atoms with Crippen LogP contribution in [0.3, 0.4) is 0 Å². The Morgan fingerprint density at radius 3 is 2.33 bits per heavy atom. The molecule has 1 amide bonds. The van der Waals surface area contributed by atoms with Gasteiger partial charge in [-0.3, -0.25) is 4.79 Å². The minimum atomic E-state index is -4.32. The summed E-state index contributed by atoms with van der Waals surface area (Å²) in [7, 11) is 0. The van der Waals surface area contributed by atoms with E-state index in [4.69, 9.17) is 0 Å². The highest BCUT2D eigenvalue weighted by Crippen LogP contribution is 2.31. The van der Waals surface area contributed by atoms with Crippen molar-refractivity contribution in [2.24, 2.45) is 0 Å². The number of hydrogen-bond acceptors (Lipinski definition) is 2. The molecule has 3 rings (SSSR count). The standard InChI is InChI=1S/C17H21F3N2O.ClH/c18-17(19,20)13-5-3-12(4-6-13)11-22(15-7-8-15)16(23)10-14-2-1-9-21-14;/h3-6,14-15,21H,1-2,7-11H2;1H. The van der Waals surface area contributed by atoms with Crippen molar-refractivity contribution in [1.82, 2.24) is 10.2 Å². The van der Waals surface area contributed by atoms with E-state index in [0.717, 1.165) is 49.9 Å². The molecule has 3 nitrogen and oxygen atoms in total. The predicted octanol–water partition coefficient (Wildman–Crippen LogP) is 3.76. The smallest absolute Gasteiger partial charge is 0.335 e. The summed E-state index contributed by atoms with van der Waals surface area (Å²) in [4.78, 5) is 14.4. The predicted molar refractivity (Wildman–Crippen MR) is 87.9 cm³/mol. The molecule has 0 aromatic heterocycles. The fourth-order valence-corrected chi connectivity index (χ4v) is 3.06. The minimum absolute atomic E-state index is 0. The average molecular weight is 363 g/mol. The molecular weight excluding hydrogens is 341 g/mol. The Labute approximate surface area is 146 Å². The number of rotatable bonds is 5. The average Bonchev–Trinajstić information content (AvgIpc) is 3.21. The number of nitrogens with one attached hydrogen (secondary N) is 1. The number of amides is 1. The lowest BCUT2D eigenvalue weighted by Gasteiger charge is -2.24. The van der Waals surface area contributed by atoms with E-state index in [2.05, 4.69) is 5.32 Å². The van der Waals surface area contributed by atoms with E-state index in [1.54, 1.807) is 0 Å². The highest BCUT2D eigenvalue weighted by molar-refractivity contribution is 5.85. The molecule has 24 heavy (non-hydrogen) atoms. The van der Waals surface area contributed by atoms with Crippen LogP contribution in [-0.2, 0) is 17.5 Å². The fraction of sp³-hybridized carbons (Fsp3) is 0.588. The highest BCUT2D eigenvalue weighted by atomic mass is 35.5. The Morgan fingerprint density at radius 1 is 1.17 bits per heavy atom. The maximum absolute atomic E-state index is 12.6. The summed E-state index contributed by atoms with van der Waals surface area (Å²) in [5, 5.41) is 3.32. The lowest BCUT2D eigenvalue weighted by molar-refractivity contribution is -0.137. The van der Waals surface area contributed by atoms with Crippen molar-refractivity contribution in [2.45, 2.75) is 56.9 Å². The Balaban J connectivity index is 0.00000208. The molecule has 0 bridgehead atoms. The van der Waals surface area contributed by atoms with Crippen molar-refractivity contribution < 1.29 is 18.0 Å². The molecule has 1 saturated heterocycles. The summed E-state index contributed by atoms with van der Waals surface area (Å²) < 4.78 is 37.8. The van der Waals surface area contributed by atoms with Gasteiger partial charge in [0.05, 0.1) is 5.56 Å². The van der Waals surface area contributed by atoms with E-state index >= 15 is 0 Å². The van der Waals surface area contributed by atoms with Crippen molar-refractivity contribution in [3.63, 3.8) is 0 Å². The third-order valence-corrected chi connectivity index (χ3v) is 4.53. The van der Waals surface area contributed by atoms with E-state index in [9.17, 15) is 18.0 Å². The number of carbonyl (C=O) groups excluding carboxylic acids is 1. The van der Waals surface area contributed by atoms with Gasteiger partial charge >= 0.3 is 6.18 Å². The molecule has 2 aliphatic rings. The molecule has 1 aromatic carbocycles. The van der Waals surface area contributed by atoms with Crippen molar-refractivity contribution in [2.75, 3.05) is 6.54 Å². The Bertz CT molecular complexity index is 552. The maximum atomic E-state index is 12.6. The van der Waals surface area contributed by atoms with Crippen molar-refractivity contribution in [1.29, 1.82) is 0 Å². The summed E-state index contributed by atoms with van der Waals surface area (Å²) in [5.74, 6) is 0.104. The molecule has 1 aliphatic heterocycles. The number of benzene rings is 1. The molecule has 134 valence electrons. The first-order valence-corrected chi connectivity index (χ1v) is 8.12. The van der Waals surface area contributed by atoms with Gasteiger partial charge in [-0.1, -0.05) is 12.1 Å². The topological polar surface area (TPSA) is 32.3 Å². The summed E-state index contributed by atoms with van der Waals surface area (Å²) >= 11 is 0. The van der Waals surface area contributed by atoms with Gasteiger partial charge < -0.3 is 10.2 Å². The van der Waals surface area contributed by atoms with E-state index in [1.807, 2.05) is 4.90 Å². The lowest BCUT2D eigenvalue weighted by atomic mass is 10.1. The zero-order chi connectivity index (χ0) is 16.4. The lowest BCUT2D eigenvalue weighted by Crippen LogP contribution is -2.37. The van der Waals surface area contributed by atoms with Gasteiger partial charge in [-0.05, 0) is 49.9 Å². The molecule has 1 N–H and O–H groups in total. The normalized spacial score (nSPS) is 20.5. The number of carbonyl (C=O) groups is 1. The number of hydrogen-bond donors (Lipinski definition) is 1. The van der Waals surface area contributed by atoms with Gasteiger partial charge in [0.25, 0.3) is 0 Å². The van der Waals surface area contributed by atoms with Crippen LogP contribution in [0.2, 0.25) is 0 Å². The first-order chi connectivity index (χ1) is 10.9. The quantitative estimate of drug-likeness (QED) is 0.865. The van der Waals surface area contributed by atoms with Gasteiger partial charge in [0.15, 0.2) is 0 Å². The molecule has 1 unspecified atom stereocenters. The number of nitrogens with zero attached hydrogens (tertiary/aromatic N) is 1. The van der Waals surface area contributed by atoms with Gasteiger partial charge in [-0.15, -0.1) is 12.4 Å². The maximum Gasteiger partial charge on any atom is 0.416 e. The summed E-state index contributed by atoms with van der Waals surface area (Å²) in [5.41, 5.74) is 0.0957. The summed E-state index contributed by atoms with van der Waals surface area (Å²) in [6.45, 7) is 1.36. The van der Waals surface area contributed by atoms with E-state index in [-0.39, 0.29) is 30.4 Å².